The van der Waals surface area contributed by atoms with Gasteiger partial charge >= 0.3 is 0 Å². The van der Waals surface area contributed by atoms with Crippen molar-refractivity contribution in [3.8, 4) is 22.4 Å². The van der Waals surface area contributed by atoms with Crippen molar-refractivity contribution >= 4 is 42.3 Å². The Labute approximate surface area is 211 Å². The quantitative estimate of drug-likeness (QED) is 0.250. The maximum Gasteiger partial charge on any atom is 0.0719 e. The summed E-state index contributed by atoms with van der Waals surface area (Å²) in [5, 5.41) is 5.19. The zero-order chi connectivity index (χ0) is 24.2. The van der Waals surface area contributed by atoms with E-state index >= 15 is 0 Å². The molecule has 4 aromatic carbocycles. The second-order valence-electron chi connectivity index (χ2n) is 10.8. The van der Waals surface area contributed by atoms with Crippen molar-refractivity contribution in [2.75, 3.05) is 0 Å². The number of hydrogen-bond acceptors (Lipinski definition) is 2. The molecule has 172 valence electrons. The largest absolute Gasteiger partial charge is 0.256 e. The molecule has 6 rings (SSSR count). The molecule has 0 spiro atoms. The summed E-state index contributed by atoms with van der Waals surface area (Å²) in [6.45, 7) is 9.07. The lowest BCUT2D eigenvalue weighted by atomic mass is 9.86. The van der Waals surface area contributed by atoms with Crippen LogP contribution in [0.1, 0.15) is 31.9 Å². The van der Waals surface area contributed by atoms with Crippen molar-refractivity contribution in [3.05, 3.63) is 102 Å². The van der Waals surface area contributed by atoms with E-state index in [1.165, 1.54) is 58.8 Å². The van der Waals surface area contributed by atoms with E-state index in [-0.39, 0.29) is 5.41 Å². The fourth-order valence-electron chi connectivity index (χ4n) is 5.02. The minimum absolute atomic E-state index is 0.242. The standard InChI is InChI=1S/C33H29NS/c1-21-20-34-30(17-26(21)19-33(2,3)4)29-11-7-10-28-27-15-14-25(18-31(27)35-32(28)29)24-13-12-22-8-5-6-9-23(22)16-24/h5-18,20H,19H2,1-4H3. The maximum atomic E-state index is 4.86. The molecule has 0 atom stereocenters. The Balaban J connectivity index is 1.47. The molecule has 0 fully saturated rings. The van der Waals surface area contributed by atoms with Crippen LogP contribution in [-0.4, -0.2) is 4.98 Å². The highest BCUT2D eigenvalue weighted by molar-refractivity contribution is 7.26. The van der Waals surface area contributed by atoms with Gasteiger partial charge in [0.15, 0.2) is 0 Å². The molecule has 0 saturated carbocycles. The number of fused-ring (bicyclic) bond motifs is 4. The third kappa shape index (κ3) is 4.13. The van der Waals surface area contributed by atoms with Crippen molar-refractivity contribution in [1.29, 1.82) is 0 Å². The van der Waals surface area contributed by atoms with Crippen molar-refractivity contribution in [3.63, 3.8) is 0 Å². The van der Waals surface area contributed by atoms with E-state index in [0.29, 0.717) is 0 Å². The Morgan fingerprint density at radius 2 is 1.51 bits per heavy atom. The van der Waals surface area contributed by atoms with Gasteiger partial charge in [0.1, 0.15) is 0 Å². The van der Waals surface area contributed by atoms with Gasteiger partial charge in [0.2, 0.25) is 0 Å². The number of aryl methyl sites for hydroxylation is 1. The van der Waals surface area contributed by atoms with Gasteiger partial charge in [0.25, 0.3) is 0 Å². The molecule has 35 heavy (non-hydrogen) atoms. The van der Waals surface area contributed by atoms with Crippen LogP contribution in [0.25, 0.3) is 53.3 Å². The molecule has 0 bridgehead atoms. The highest BCUT2D eigenvalue weighted by Gasteiger charge is 2.16. The maximum absolute atomic E-state index is 4.86. The van der Waals surface area contributed by atoms with Crippen molar-refractivity contribution in [2.45, 2.75) is 34.1 Å². The molecule has 6 aromatic rings. The predicted molar refractivity (Wildman–Crippen MR) is 153 cm³/mol. The molecule has 1 nitrogen and oxygen atoms in total. The number of nitrogens with zero attached hydrogens (tertiary/aromatic N) is 1. The van der Waals surface area contributed by atoms with E-state index < -0.39 is 0 Å². The smallest absolute Gasteiger partial charge is 0.0719 e. The Kier molecular flexibility index (Phi) is 5.23. The summed E-state index contributed by atoms with van der Waals surface area (Å²) in [5.41, 5.74) is 7.72. The van der Waals surface area contributed by atoms with Crippen LogP contribution < -0.4 is 0 Å². The SMILES string of the molecule is Cc1cnc(-c2cccc3c2sc2cc(-c4ccc5ccccc5c4)ccc23)cc1CC(C)(C)C. The van der Waals surface area contributed by atoms with Gasteiger partial charge in [0.05, 0.1) is 5.69 Å². The van der Waals surface area contributed by atoms with Crippen LogP contribution in [0.15, 0.2) is 91.1 Å². The molecule has 0 aliphatic rings. The van der Waals surface area contributed by atoms with Crippen molar-refractivity contribution in [2.24, 2.45) is 5.41 Å². The van der Waals surface area contributed by atoms with E-state index in [1.54, 1.807) is 0 Å². The van der Waals surface area contributed by atoms with E-state index in [4.69, 9.17) is 4.98 Å². The third-order valence-corrected chi connectivity index (χ3v) is 7.99. The molecule has 0 saturated heterocycles. The summed E-state index contributed by atoms with van der Waals surface area (Å²) in [4.78, 5) is 4.86. The van der Waals surface area contributed by atoms with E-state index in [2.05, 4.69) is 113 Å². The third-order valence-electron chi connectivity index (χ3n) is 6.79. The molecule has 0 aliphatic carbocycles. The molecule has 0 radical (unpaired) electrons. The van der Waals surface area contributed by atoms with E-state index in [1.807, 2.05) is 17.5 Å². The molecule has 2 heteroatoms. The minimum Gasteiger partial charge on any atom is -0.256 e. The van der Waals surface area contributed by atoms with Gasteiger partial charge in [-0.25, -0.2) is 0 Å². The van der Waals surface area contributed by atoms with Crippen molar-refractivity contribution in [1.82, 2.24) is 4.98 Å². The highest BCUT2D eigenvalue weighted by Crippen LogP contribution is 2.41. The summed E-state index contributed by atoms with van der Waals surface area (Å²) in [7, 11) is 0. The average Bonchev–Trinajstić information content (AvgIpc) is 3.22. The normalized spacial score (nSPS) is 12.1. The van der Waals surface area contributed by atoms with E-state index in [0.717, 1.165) is 12.1 Å². The summed E-state index contributed by atoms with van der Waals surface area (Å²) in [6.07, 6.45) is 3.09. The van der Waals surface area contributed by atoms with Crippen molar-refractivity contribution < 1.29 is 0 Å². The van der Waals surface area contributed by atoms with Gasteiger partial charge in [-0.05, 0) is 70.0 Å². The molecule has 0 N–H and O–H groups in total. The van der Waals surface area contributed by atoms with Gasteiger partial charge < -0.3 is 0 Å². The van der Waals surface area contributed by atoms with Crippen LogP contribution >= 0.6 is 11.3 Å². The average molecular weight is 472 g/mol. The topological polar surface area (TPSA) is 12.9 Å². The molecule has 0 unspecified atom stereocenters. The summed E-state index contributed by atoms with van der Waals surface area (Å²) in [5.74, 6) is 0. The lowest BCUT2D eigenvalue weighted by Gasteiger charge is -2.20. The van der Waals surface area contributed by atoms with Crippen LogP contribution in [0, 0.1) is 12.3 Å². The van der Waals surface area contributed by atoms with E-state index in [9.17, 15) is 0 Å². The second kappa shape index (κ2) is 8.32. The summed E-state index contributed by atoms with van der Waals surface area (Å²) in [6, 6.07) is 31.1. The molecular weight excluding hydrogens is 442 g/mol. The van der Waals surface area contributed by atoms with Crippen LogP contribution in [0.2, 0.25) is 0 Å². The van der Waals surface area contributed by atoms with Gasteiger partial charge in [-0.15, -0.1) is 11.3 Å². The summed E-state index contributed by atoms with van der Waals surface area (Å²) < 4.78 is 2.64. The van der Waals surface area contributed by atoms with Crippen LogP contribution in [0.3, 0.4) is 0 Å². The monoisotopic (exact) mass is 471 g/mol. The Morgan fingerprint density at radius 1 is 0.743 bits per heavy atom. The Hall–Kier alpha value is -3.49. The lowest BCUT2D eigenvalue weighted by Crippen LogP contribution is -2.10. The lowest BCUT2D eigenvalue weighted by molar-refractivity contribution is 0.410. The molecule has 0 amide bonds. The van der Waals surface area contributed by atoms with Gasteiger partial charge in [-0.2, -0.15) is 0 Å². The fourth-order valence-corrected chi connectivity index (χ4v) is 6.29. The second-order valence-corrected chi connectivity index (χ2v) is 11.8. The number of pyridine rings is 1. The van der Waals surface area contributed by atoms with Crippen LogP contribution in [0.4, 0.5) is 0 Å². The molecular formula is C33H29NS. The first-order chi connectivity index (χ1) is 16.9. The predicted octanol–water partition coefficient (Wildman–Crippen LogP) is 9.83. The highest BCUT2D eigenvalue weighted by atomic mass is 32.1. The Bertz CT molecular complexity index is 1720. The molecule has 0 aliphatic heterocycles. The van der Waals surface area contributed by atoms with Gasteiger partial charge in [-0.1, -0.05) is 87.5 Å². The first-order valence-corrected chi connectivity index (χ1v) is 13.1. The van der Waals surface area contributed by atoms with Crippen LogP contribution in [0.5, 0.6) is 0 Å². The number of hydrogen-bond donors (Lipinski definition) is 0. The Morgan fingerprint density at radius 3 is 2.34 bits per heavy atom. The minimum atomic E-state index is 0.242. The number of aromatic nitrogens is 1. The first kappa shape index (κ1) is 22.0. The number of thiophene rings is 1. The molecule has 2 aromatic heterocycles. The van der Waals surface area contributed by atoms with Gasteiger partial charge in [0, 0.05) is 31.9 Å². The number of rotatable bonds is 3. The first-order valence-electron chi connectivity index (χ1n) is 12.3. The fraction of sp³-hybridized carbons (Fsp3) is 0.182. The zero-order valence-corrected chi connectivity index (χ0v) is 21.5. The number of benzene rings is 4. The van der Waals surface area contributed by atoms with Crippen LogP contribution in [-0.2, 0) is 6.42 Å². The summed E-state index contributed by atoms with van der Waals surface area (Å²) >= 11 is 1.88. The zero-order valence-electron chi connectivity index (χ0n) is 20.7. The van der Waals surface area contributed by atoms with Gasteiger partial charge in [-0.3, -0.25) is 4.98 Å². The molecule has 2 heterocycles.